The van der Waals surface area contributed by atoms with Gasteiger partial charge in [-0.1, -0.05) is 58.0 Å². The molecule has 2 aromatic heterocycles. The van der Waals surface area contributed by atoms with Gasteiger partial charge in [0.15, 0.2) is 17.7 Å². The summed E-state index contributed by atoms with van der Waals surface area (Å²) < 4.78 is 25.0. The molecule has 13 nitrogen and oxygen atoms in total. The number of amides is 2. The molecule has 1 unspecified atom stereocenters. The van der Waals surface area contributed by atoms with Crippen molar-refractivity contribution in [2.45, 2.75) is 91.3 Å². The van der Waals surface area contributed by atoms with Gasteiger partial charge in [-0.05, 0) is 55.9 Å². The average molecular weight is 698 g/mol. The molecule has 0 fully saturated rings. The molecule has 0 radical (unpaired) electrons. The highest BCUT2D eigenvalue weighted by atomic mass is 16.5. The normalized spacial score (nSPS) is 22.5. The van der Waals surface area contributed by atoms with Gasteiger partial charge in [-0.25, -0.2) is 9.97 Å². The SMILES string of the molecule is CC(C)[C@H](O)C(=O)N[C@H]1Cc2ccc3c(c2)C2(c4ccccc4N[C@@H]2O3)c2oc(nc2-c2nc(COC(=O)C(C)(C)C)co2)[C@H](C(C)C)NC1=O. The van der Waals surface area contributed by atoms with Crippen LogP contribution >= 0.6 is 0 Å². The van der Waals surface area contributed by atoms with E-state index in [4.69, 9.17) is 23.3 Å². The molecular weight excluding hydrogens is 654 g/mol. The molecule has 3 aliphatic rings. The van der Waals surface area contributed by atoms with E-state index in [-0.39, 0.29) is 42.6 Å². The van der Waals surface area contributed by atoms with Crippen LogP contribution < -0.4 is 20.7 Å². The number of nitrogens with zero attached hydrogens (tertiary/aromatic N) is 2. The summed E-state index contributed by atoms with van der Waals surface area (Å²) in [5, 5.41) is 19.9. The zero-order valence-electron chi connectivity index (χ0n) is 29.7. The molecule has 268 valence electrons. The number of aliphatic hydroxyl groups excluding tert-OH is 1. The Morgan fingerprint density at radius 2 is 1.84 bits per heavy atom. The fourth-order valence-corrected chi connectivity index (χ4v) is 6.85. The Bertz CT molecular complexity index is 2010. The van der Waals surface area contributed by atoms with Gasteiger partial charge in [0, 0.05) is 17.7 Å². The largest absolute Gasteiger partial charge is 0.469 e. The van der Waals surface area contributed by atoms with Crippen LogP contribution in [0.5, 0.6) is 5.75 Å². The molecule has 5 atom stereocenters. The van der Waals surface area contributed by atoms with Gasteiger partial charge in [-0.3, -0.25) is 14.4 Å². The standard InChI is InChI=1S/C38H43N5O8/c1-18(2)27-34-43-28(33-39-21(16-48-33)17-49-36(47)37(5,6)7)30(51-34)38-22-10-8-9-11-24(22)41-35(38)50-26-13-12-20(14-23(26)38)15-25(31(45)42-27)40-32(46)29(44)19(3)4/h8-14,16,18-19,25,27,29,35,41,44H,15,17H2,1-7H3,(H,40,46)(H,42,45)/t25-,27-,29-,35+,38?/m0/s1. The number of nitrogens with one attached hydrogen (secondary N) is 3. The number of hydrogen-bond acceptors (Lipinski definition) is 11. The second-order valence-corrected chi connectivity index (χ2v) is 15.2. The number of benzene rings is 2. The molecule has 51 heavy (non-hydrogen) atoms. The smallest absolute Gasteiger partial charge is 0.311 e. The summed E-state index contributed by atoms with van der Waals surface area (Å²) in [6, 6.07) is 11.8. The minimum Gasteiger partial charge on any atom is -0.469 e. The molecular formula is C38H43N5O8. The number of anilines is 1. The predicted octanol–water partition coefficient (Wildman–Crippen LogP) is 4.77. The van der Waals surface area contributed by atoms with Crippen molar-refractivity contribution in [3.8, 4) is 17.3 Å². The summed E-state index contributed by atoms with van der Waals surface area (Å²) in [6.07, 6.45) is -0.372. The van der Waals surface area contributed by atoms with Gasteiger partial charge in [-0.2, -0.15) is 0 Å². The third-order valence-electron chi connectivity index (χ3n) is 9.67. The van der Waals surface area contributed by atoms with Gasteiger partial charge >= 0.3 is 5.97 Å². The van der Waals surface area contributed by atoms with Crippen molar-refractivity contribution in [2.24, 2.45) is 17.3 Å². The van der Waals surface area contributed by atoms with Gasteiger partial charge < -0.3 is 39.4 Å². The number of oxazole rings is 2. The summed E-state index contributed by atoms with van der Waals surface area (Å²) in [4.78, 5) is 49.3. The Morgan fingerprint density at radius 1 is 1.08 bits per heavy atom. The quantitative estimate of drug-likeness (QED) is 0.196. The minimum atomic E-state index is -1.29. The number of ether oxygens (including phenoxy) is 2. The van der Waals surface area contributed by atoms with Gasteiger partial charge in [0.2, 0.25) is 23.6 Å². The molecule has 3 aliphatic heterocycles. The Hall–Kier alpha value is -5.17. The average Bonchev–Trinajstić information content (AvgIpc) is 3.85. The van der Waals surface area contributed by atoms with Crippen molar-refractivity contribution < 1.29 is 37.8 Å². The maximum absolute atomic E-state index is 14.0. The van der Waals surface area contributed by atoms with E-state index in [1.54, 1.807) is 34.6 Å². The second kappa shape index (κ2) is 12.6. The third kappa shape index (κ3) is 5.82. The van der Waals surface area contributed by atoms with Crippen molar-refractivity contribution in [3.05, 3.63) is 82.8 Å². The lowest BCUT2D eigenvalue weighted by Gasteiger charge is -2.29. The van der Waals surface area contributed by atoms with Gasteiger partial charge in [0.05, 0.1) is 5.41 Å². The summed E-state index contributed by atoms with van der Waals surface area (Å²) in [7, 11) is 0. The van der Waals surface area contributed by atoms with Crippen LogP contribution in [0.15, 0.2) is 57.6 Å². The maximum atomic E-state index is 14.0. The Labute approximate surface area is 295 Å². The number of aliphatic hydroxyl groups is 1. The lowest BCUT2D eigenvalue weighted by molar-refractivity contribution is -0.154. The Kier molecular flexibility index (Phi) is 8.44. The van der Waals surface area contributed by atoms with Gasteiger partial charge in [0.1, 0.15) is 47.9 Å². The third-order valence-corrected chi connectivity index (χ3v) is 9.67. The summed E-state index contributed by atoms with van der Waals surface area (Å²) in [5.74, 6) is -0.679. The van der Waals surface area contributed by atoms with Crippen LogP contribution in [0, 0.1) is 17.3 Å². The summed E-state index contributed by atoms with van der Waals surface area (Å²) in [5.41, 5.74) is 2.17. The highest BCUT2D eigenvalue weighted by Crippen LogP contribution is 2.59. The van der Waals surface area contributed by atoms with Crippen molar-refractivity contribution >= 4 is 23.5 Å². The molecule has 0 aliphatic carbocycles. The van der Waals surface area contributed by atoms with E-state index < -0.39 is 47.1 Å². The van der Waals surface area contributed by atoms with Crippen LogP contribution in [0.1, 0.15) is 88.5 Å². The first-order valence-corrected chi connectivity index (χ1v) is 17.3. The fraction of sp³-hybridized carbons (Fsp3) is 0.447. The molecule has 5 heterocycles. The molecule has 7 rings (SSSR count). The van der Waals surface area contributed by atoms with Crippen LogP contribution in [0.25, 0.3) is 11.6 Å². The summed E-state index contributed by atoms with van der Waals surface area (Å²) >= 11 is 0. The van der Waals surface area contributed by atoms with Crippen LogP contribution in [-0.4, -0.2) is 51.2 Å². The highest BCUT2D eigenvalue weighted by Gasteiger charge is 2.61. The van der Waals surface area contributed by atoms with Crippen LogP contribution in [0.2, 0.25) is 0 Å². The molecule has 4 bridgehead atoms. The first kappa shape index (κ1) is 34.3. The van der Waals surface area contributed by atoms with Gasteiger partial charge in [0.25, 0.3) is 0 Å². The number of esters is 1. The highest BCUT2D eigenvalue weighted by molar-refractivity contribution is 5.90. The van der Waals surface area contributed by atoms with E-state index in [1.165, 1.54) is 6.26 Å². The molecule has 4 N–H and O–H groups in total. The van der Waals surface area contributed by atoms with Crippen molar-refractivity contribution in [1.82, 2.24) is 20.6 Å². The molecule has 1 spiro atoms. The zero-order valence-corrected chi connectivity index (χ0v) is 29.7. The lowest BCUT2D eigenvalue weighted by Crippen LogP contribution is -2.52. The Morgan fingerprint density at radius 3 is 2.57 bits per heavy atom. The van der Waals surface area contributed by atoms with E-state index in [1.807, 2.05) is 56.3 Å². The maximum Gasteiger partial charge on any atom is 0.311 e. The monoisotopic (exact) mass is 697 g/mol. The zero-order chi connectivity index (χ0) is 36.4. The Balaban J connectivity index is 1.41. The van der Waals surface area contributed by atoms with E-state index in [2.05, 4.69) is 20.9 Å². The fourth-order valence-electron chi connectivity index (χ4n) is 6.85. The van der Waals surface area contributed by atoms with E-state index in [0.29, 0.717) is 22.9 Å². The number of carbonyl (C=O) groups is 3. The minimum absolute atomic E-state index is 0.101. The number of rotatable bonds is 7. The first-order chi connectivity index (χ1) is 24.2. The van der Waals surface area contributed by atoms with Crippen LogP contribution in [-0.2, 0) is 37.6 Å². The lowest BCUT2D eigenvalue weighted by atomic mass is 9.72. The molecule has 0 saturated carbocycles. The molecule has 4 aromatic rings. The van der Waals surface area contributed by atoms with Crippen molar-refractivity contribution in [1.29, 1.82) is 0 Å². The van der Waals surface area contributed by atoms with Crippen LogP contribution in [0.4, 0.5) is 5.69 Å². The molecule has 2 aromatic carbocycles. The summed E-state index contributed by atoms with van der Waals surface area (Å²) in [6.45, 7) is 12.5. The second-order valence-electron chi connectivity index (χ2n) is 15.2. The molecule has 13 heteroatoms. The van der Waals surface area contributed by atoms with Crippen molar-refractivity contribution in [2.75, 3.05) is 5.32 Å². The van der Waals surface area contributed by atoms with Crippen molar-refractivity contribution in [3.63, 3.8) is 0 Å². The first-order valence-electron chi connectivity index (χ1n) is 17.3. The number of hydrogen-bond donors (Lipinski definition) is 4. The van der Waals surface area contributed by atoms with E-state index in [9.17, 15) is 19.5 Å². The van der Waals surface area contributed by atoms with Crippen LogP contribution in [0.3, 0.4) is 0 Å². The molecule has 2 amide bonds. The number of fused-ring (bicyclic) bond motifs is 4. The number of aromatic nitrogens is 2. The van der Waals surface area contributed by atoms with E-state index in [0.717, 1.165) is 22.4 Å². The predicted molar refractivity (Wildman–Crippen MR) is 184 cm³/mol. The van der Waals surface area contributed by atoms with Gasteiger partial charge in [-0.15, -0.1) is 0 Å². The topological polar surface area (TPSA) is 178 Å². The number of para-hydroxylation sites is 1. The van der Waals surface area contributed by atoms with E-state index >= 15 is 0 Å². The number of carbonyl (C=O) groups excluding carboxylic acids is 3. The molecule has 0 saturated heterocycles.